The van der Waals surface area contributed by atoms with Crippen molar-refractivity contribution in [3.8, 4) is 0 Å². The van der Waals surface area contributed by atoms with Crippen LogP contribution < -0.4 is 9.62 Å². The normalized spacial score (nSPS) is 11.9. The number of nitrogens with zero attached hydrogens (tertiary/aromatic N) is 2. The van der Waals surface area contributed by atoms with Crippen LogP contribution in [0, 0.1) is 5.82 Å². The molecule has 7 nitrogen and oxygen atoms in total. The fourth-order valence-electron chi connectivity index (χ4n) is 4.59. The highest BCUT2D eigenvalue weighted by Gasteiger charge is 2.35. The Kier molecular flexibility index (Phi) is 11.1. The van der Waals surface area contributed by atoms with Crippen molar-refractivity contribution in [3.63, 3.8) is 0 Å². The van der Waals surface area contributed by atoms with Gasteiger partial charge in [0.25, 0.3) is 10.0 Å². The van der Waals surface area contributed by atoms with Crippen molar-refractivity contribution in [2.45, 2.75) is 37.2 Å². The first kappa shape index (κ1) is 31.9. The number of anilines is 1. The van der Waals surface area contributed by atoms with E-state index in [0.29, 0.717) is 13.0 Å². The van der Waals surface area contributed by atoms with E-state index in [1.165, 1.54) is 35.2 Å². The SMILES string of the molecule is CCCNC(=O)[C@@H](Cc1ccccc1)N(Cc1ccc(Br)cc1)C(=O)CN(c1ccccc1F)S(=O)(=O)c1ccccc1. The summed E-state index contributed by atoms with van der Waals surface area (Å²) in [5.74, 6) is -1.81. The fraction of sp³-hybridized carbons (Fsp3) is 0.212. The Labute approximate surface area is 260 Å². The van der Waals surface area contributed by atoms with Crippen LogP contribution in [0.3, 0.4) is 0 Å². The van der Waals surface area contributed by atoms with E-state index in [-0.39, 0.29) is 29.5 Å². The van der Waals surface area contributed by atoms with E-state index in [9.17, 15) is 18.0 Å². The lowest BCUT2D eigenvalue weighted by atomic mass is 10.0. The third-order valence-corrected chi connectivity index (χ3v) is 9.12. The Morgan fingerprint density at radius 3 is 2.07 bits per heavy atom. The molecule has 4 rings (SSSR count). The van der Waals surface area contributed by atoms with Crippen LogP contribution in [0.15, 0.2) is 119 Å². The zero-order valence-corrected chi connectivity index (χ0v) is 26.1. The van der Waals surface area contributed by atoms with E-state index in [1.54, 1.807) is 18.2 Å². The second kappa shape index (κ2) is 14.9. The summed E-state index contributed by atoms with van der Waals surface area (Å²) in [6, 6.07) is 28.6. The lowest BCUT2D eigenvalue weighted by Crippen LogP contribution is -2.53. The molecule has 1 atom stereocenters. The molecule has 0 radical (unpaired) electrons. The monoisotopic (exact) mass is 665 g/mol. The first-order valence-corrected chi connectivity index (χ1v) is 16.1. The number of rotatable bonds is 13. The number of amides is 2. The molecule has 10 heteroatoms. The Morgan fingerprint density at radius 2 is 1.44 bits per heavy atom. The van der Waals surface area contributed by atoms with Gasteiger partial charge >= 0.3 is 0 Å². The van der Waals surface area contributed by atoms with Crippen molar-refractivity contribution in [3.05, 3.63) is 131 Å². The van der Waals surface area contributed by atoms with Crippen LogP contribution in [0.2, 0.25) is 0 Å². The number of halogens is 2. The number of carbonyl (C=O) groups is 2. The molecule has 0 aliphatic rings. The van der Waals surface area contributed by atoms with Gasteiger partial charge in [-0.25, -0.2) is 12.8 Å². The first-order valence-electron chi connectivity index (χ1n) is 13.9. The van der Waals surface area contributed by atoms with E-state index >= 15 is 4.39 Å². The molecule has 0 saturated carbocycles. The van der Waals surface area contributed by atoms with Crippen molar-refractivity contribution >= 4 is 43.5 Å². The van der Waals surface area contributed by atoms with Crippen molar-refractivity contribution in [2.75, 3.05) is 17.4 Å². The van der Waals surface area contributed by atoms with Gasteiger partial charge in [-0.05, 0) is 53.9 Å². The zero-order valence-electron chi connectivity index (χ0n) is 23.7. The molecule has 4 aromatic carbocycles. The second-order valence-electron chi connectivity index (χ2n) is 9.92. The maximum absolute atomic E-state index is 15.1. The Hall–Kier alpha value is -4.02. The van der Waals surface area contributed by atoms with E-state index in [4.69, 9.17) is 0 Å². The van der Waals surface area contributed by atoms with E-state index in [2.05, 4.69) is 21.2 Å². The topological polar surface area (TPSA) is 86.8 Å². The molecule has 0 aliphatic heterocycles. The minimum absolute atomic E-state index is 0.0274. The summed E-state index contributed by atoms with van der Waals surface area (Å²) in [5.41, 5.74) is 1.30. The first-order chi connectivity index (χ1) is 20.7. The number of carbonyl (C=O) groups excluding carboxylic acids is 2. The number of benzene rings is 4. The van der Waals surface area contributed by atoms with Crippen LogP contribution in [0.1, 0.15) is 24.5 Å². The minimum atomic E-state index is -4.36. The number of para-hydroxylation sites is 1. The van der Waals surface area contributed by atoms with Gasteiger partial charge < -0.3 is 10.2 Å². The summed E-state index contributed by atoms with van der Waals surface area (Å²) in [6.07, 6.45) is 0.893. The Bertz CT molecular complexity index is 1620. The van der Waals surface area contributed by atoms with Crippen molar-refractivity contribution in [2.24, 2.45) is 0 Å². The molecule has 1 N–H and O–H groups in total. The molecule has 0 saturated heterocycles. The van der Waals surface area contributed by atoms with Gasteiger partial charge in [0.2, 0.25) is 11.8 Å². The van der Waals surface area contributed by atoms with E-state index < -0.39 is 34.3 Å². The van der Waals surface area contributed by atoms with Crippen LogP contribution in [-0.4, -0.2) is 44.3 Å². The summed E-state index contributed by atoms with van der Waals surface area (Å²) < 4.78 is 44.5. The van der Waals surface area contributed by atoms with Crippen LogP contribution in [0.25, 0.3) is 0 Å². The van der Waals surface area contributed by atoms with Crippen molar-refractivity contribution in [1.82, 2.24) is 10.2 Å². The fourth-order valence-corrected chi connectivity index (χ4v) is 6.30. The predicted molar refractivity (Wildman–Crippen MR) is 169 cm³/mol. The molecular formula is C33H33BrFN3O4S. The largest absolute Gasteiger partial charge is 0.354 e. The molecule has 0 spiro atoms. The molecule has 0 aliphatic carbocycles. The highest BCUT2D eigenvalue weighted by atomic mass is 79.9. The highest BCUT2D eigenvalue weighted by Crippen LogP contribution is 2.27. The van der Waals surface area contributed by atoms with Gasteiger partial charge in [-0.15, -0.1) is 0 Å². The predicted octanol–water partition coefficient (Wildman–Crippen LogP) is 5.95. The van der Waals surface area contributed by atoms with Gasteiger partial charge in [0.1, 0.15) is 18.4 Å². The maximum atomic E-state index is 15.1. The molecule has 0 aromatic heterocycles. The Morgan fingerprint density at radius 1 is 0.837 bits per heavy atom. The summed E-state index contributed by atoms with van der Waals surface area (Å²) in [5, 5.41) is 2.90. The molecule has 0 bridgehead atoms. The van der Waals surface area contributed by atoms with Gasteiger partial charge in [0, 0.05) is 24.0 Å². The smallest absolute Gasteiger partial charge is 0.264 e. The van der Waals surface area contributed by atoms with Crippen LogP contribution in [-0.2, 0) is 32.6 Å². The average molecular weight is 667 g/mol. The van der Waals surface area contributed by atoms with Crippen LogP contribution in [0.5, 0.6) is 0 Å². The summed E-state index contributed by atoms with van der Waals surface area (Å²) >= 11 is 3.42. The van der Waals surface area contributed by atoms with Gasteiger partial charge in [0.05, 0.1) is 10.6 Å². The quantitative estimate of drug-likeness (QED) is 0.191. The van der Waals surface area contributed by atoms with E-state index in [1.807, 2.05) is 61.5 Å². The van der Waals surface area contributed by atoms with Crippen LogP contribution >= 0.6 is 15.9 Å². The third-order valence-electron chi connectivity index (χ3n) is 6.82. The van der Waals surface area contributed by atoms with Gasteiger partial charge in [-0.1, -0.05) is 95.7 Å². The van der Waals surface area contributed by atoms with Gasteiger partial charge in [-0.2, -0.15) is 0 Å². The summed E-state index contributed by atoms with van der Waals surface area (Å²) in [6.45, 7) is 1.65. The molecule has 2 amide bonds. The molecular weight excluding hydrogens is 633 g/mol. The molecule has 4 aromatic rings. The summed E-state index contributed by atoms with van der Waals surface area (Å²) in [7, 11) is -4.36. The van der Waals surface area contributed by atoms with Crippen molar-refractivity contribution in [1.29, 1.82) is 0 Å². The molecule has 0 heterocycles. The van der Waals surface area contributed by atoms with Gasteiger partial charge in [0.15, 0.2) is 0 Å². The maximum Gasteiger partial charge on any atom is 0.264 e. The van der Waals surface area contributed by atoms with Crippen molar-refractivity contribution < 1.29 is 22.4 Å². The van der Waals surface area contributed by atoms with Crippen LogP contribution in [0.4, 0.5) is 10.1 Å². The lowest BCUT2D eigenvalue weighted by molar-refractivity contribution is -0.140. The Balaban J connectivity index is 1.79. The average Bonchev–Trinajstić information content (AvgIpc) is 3.02. The number of hydrogen-bond donors (Lipinski definition) is 1. The number of hydrogen-bond acceptors (Lipinski definition) is 4. The number of sulfonamides is 1. The molecule has 0 unspecified atom stereocenters. The minimum Gasteiger partial charge on any atom is -0.354 e. The molecule has 0 fully saturated rings. The molecule has 224 valence electrons. The second-order valence-corrected chi connectivity index (χ2v) is 12.7. The number of nitrogens with one attached hydrogen (secondary N) is 1. The lowest BCUT2D eigenvalue weighted by Gasteiger charge is -2.34. The standard InChI is InChI=1S/C33H33BrFN3O4S/c1-2-21-36-33(40)31(22-25-11-5-3-6-12-25)37(23-26-17-19-27(34)20-18-26)32(39)24-38(30-16-10-9-15-29(30)35)43(41,42)28-13-7-4-8-14-28/h3-20,31H,2,21-24H2,1H3,(H,36,40)/t31-/m1/s1. The third kappa shape index (κ3) is 8.30. The van der Waals surface area contributed by atoms with E-state index in [0.717, 1.165) is 26.0 Å². The molecule has 43 heavy (non-hydrogen) atoms. The zero-order chi connectivity index (χ0) is 30.8. The summed E-state index contributed by atoms with van der Waals surface area (Å²) in [4.78, 5) is 29.2. The van der Waals surface area contributed by atoms with Gasteiger partial charge in [-0.3, -0.25) is 13.9 Å². The highest BCUT2D eigenvalue weighted by molar-refractivity contribution is 9.10.